The minimum absolute atomic E-state index is 0.343. The summed E-state index contributed by atoms with van der Waals surface area (Å²) in [5.41, 5.74) is 5.77. The number of aromatic nitrogens is 2. The van der Waals surface area contributed by atoms with Crippen LogP contribution in [0.5, 0.6) is 0 Å². The third-order valence-electron chi connectivity index (χ3n) is 3.50. The molecule has 5 heteroatoms. The number of nitrogen functional groups attached to an aromatic ring is 1. The number of nitrogens with two attached hydrogens (primary N) is 1. The van der Waals surface area contributed by atoms with Crippen molar-refractivity contribution < 1.29 is 0 Å². The van der Waals surface area contributed by atoms with Crippen LogP contribution < -0.4 is 16.0 Å². The van der Waals surface area contributed by atoms with Crippen LogP contribution in [-0.4, -0.2) is 29.6 Å². The fraction of sp³-hybridized carbons (Fsp3) is 0.692. The molecule has 0 aliphatic heterocycles. The van der Waals surface area contributed by atoms with Crippen molar-refractivity contribution in [1.29, 1.82) is 0 Å². The summed E-state index contributed by atoms with van der Waals surface area (Å²) in [5, 5.41) is 3.19. The molecule has 1 aromatic heterocycles. The van der Waals surface area contributed by atoms with E-state index in [0.717, 1.165) is 37.2 Å². The summed E-state index contributed by atoms with van der Waals surface area (Å²) >= 11 is 0. The summed E-state index contributed by atoms with van der Waals surface area (Å²) in [4.78, 5) is 10.8. The van der Waals surface area contributed by atoms with E-state index in [0.29, 0.717) is 5.95 Å². The number of hydrogen-bond acceptors (Lipinski definition) is 5. The molecule has 5 nitrogen and oxygen atoms in total. The Bertz CT molecular complexity index is 389. The van der Waals surface area contributed by atoms with Gasteiger partial charge in [0.2, 0.25) is 5.95 Å². The van der Waals surface area contributed by atoms with Crippen molar-refractivity contribution >= 4 is 17.6 Å². The average molecular weight is 249 g/mol. The van der Waals surface area contributed by atoms with Gasteiger partial charge in [0.1, 0.15) is 11.6 Å². The number of hydrogen-bond donors (Lipinski definition) is 2. The van der Waals surface area contributed by atoms with Gasteiger partial charge >= 0.3 is 0 Å². The highest BCUT2D eigenvalue weighted by atomic mass is 15.2. The molecule has 0 amide bonds. The topological polar surface area (TPSA) is 67.1 Å². The lowest BCUT2D eigenvalue weighted by Gasteiger charge is -2.32. The lowest BCUT2D eigenvalue weighted by molar-refractivity contribution is 0.318. The third-order valence-corrected chi connectivity index (χ3v) is 3.50. The summed E-state index contributed by atoms with van der Waals surface area (Å²) in [5.74, 6) is 2.92. The lowest BCUT2D eigenvalue weighted by Crippen LogP contribution is -2.33. The molecule has 1 aliphatic carbocycles. The zero-order chi connectivity index (χ0) is 13.0. The molecule has 18 heavy (non-hydrogen) atoms. The molecule has 1 saturated carbocycles. The van der Waals surface area contributed by atoms with E-state index in [1.807, 2.05) is 13.0 Å². The fourth-order valence-corrected chi connectivity index (χ4v) is 2.26. The Morgan fingerprint density at radius 2 is 2.17 bits per heavy atom. The largest absolute Gasteiger partial charge is 0.370 e. The molecule has 1 heterocycles. The second-order valence-corrected chi connectivity index (χ2v) is 4.84. The highest BCUT2D eigenvalue weighted by molar-refractivity contribution is 5.52. The molecule has 1 fully saturated rings. The average Bonchev–Trinajstić information content (AvgIpc) is 2.27. The molecule has 1 aromatic rings. The Balaban J connectivity index is 2.12. The van der Waals surface area contributed by atoms with Gasteiger partial charge in [-0.05, 0) is 32.6 Å². The number of anilines is 3. The van der Waals surface area contributed by atoms with Gasteiger partial charge < -0.3 is 16.0 Å². The number of nitrogens with zero attached hydrogens (tertiary/aromatic N) is 3. The first-order valence-corrected chi connectivity index (χ1v) is 6.86. The summed E-state index contributed by atoms with van der Waals surface area (Å²) in [7, 11) is 0. The summed E-state index contributed by atoms with van der Waals surface area (Å²) < 4.78 is 0. The van der Waals surface area contributed by atoms with E-state index in [1.165, 1.54) is 19.3 Å². The maximum Gasteiger partial charge on any atom is 0.223 e. The monoisotopic (exact) mass is 249 g/mol. The van der Waals surface area contributed by atoms with E-state index >= 15 is 0 Å². The predicted molar refractivity (Wildman–Crippen MR) is 75.8 cm³/mol. The molecule has 3 N–H and O–H groups in total. The quantitative estimate of drug-likeness (QED) is 0.808. The van der Waals surface area contributed by atoms with E-state index in [1.54, 1.807) is 0 Å². The van der Waals surface area contributed by atoms with Crippen LogP contribution in [0.1, 0.15) is 33.1 Å². The first kappa shape index (κ1) is 12.9. The third kappa shape index (κ3) is 3.03. The van der Waals surface area contributed by atoms with Gasteiger partial charge in [0.15, 0.2) is 0 Å². The van der Waals surface area contributed by atoms with Crippen molar-refractivity contribution in [1.82, 2.24) is 9.97 Å². The molecular formula is C13H23N5. The van der Waals surface area contributed by atoms with Gasteiger partial charge in [0.25, 0.3) is 0 Å². The van der Waals surface area contributed by atoms with Crippen molar-refractivity contribution in [2.45, 2.75) is 33.1 Å². The first-order valence-electron chi connectivity index (χ1n) is 6.86. The predicted octanol–water partition coefficient (Wildman–Crippen LogP) is 2.12. The van der Waals surface area contributed by atoms with Gasteiger partial charge in [0.05, 0.1) is 0 Å². The second-order valence-electron chi connectivity index (χ2n) is 4.84. The van der Waals surface area contributed by atoms with E-state index in [2.05, 4.69) is 27.1 Å². The van der Waals surface area contributed by atoms with Crippen LogP contribution >= 0.6 is 0 Å². The van der Waals surface area contributed by atoms with Gasteiger partial charge in [-0.25, -0.2) is 0 Å². The SMILES string of the molecule is CCNc1cc(N(CC)CC2CCC2)nc(N)n1. The van der Waals surface area contributed by atoms with Gasteiger partial charge in [-0.2, -0.15) is 9.97 Å². The first-order chi connectivity index (χ1) is 8.72. The molecule has 0 unspecified atom stereocenters. The molecule has 0 aromatic carbocycles. The highest BCUT2D eigenvalue weighted by Crippen LogP contribution is 2.29. The van der Waals surface area contributed by atoms with E-state index in [9.17, 15) is 0 Å². The van der Waals surface area contributed by atoms with Crippen LogP contribution in [0.15, 0.2) is 6.07 Å². The van der Waals surface area contributed by atoms with Crippen molar-refractivity contribution in [2.75, 3.05) is 35.6 Å². The molecule has 0 saturated heterocycles. The molecule has 0 radical (unpaired) electrons. The van der Waals surface area contributed by atoms with Crippen LogP contribution in [-0.2, 0) is 0 Å². The second kappa shape index (κ2) is 5.89. The summed E-state index contributed by atoms with van der Waals surface area (Å²) in [6, 6.07) is 1.99. The molecule has 1 aliphatic rings. The van der Waals surface area contributed by atoms with E-state index in [-0.39, 0.29) is 0 Å². The van der Waals surface area contributed by atoms with Gasteiger partial charge in [0, 0.05) is 25.7 Å². The molecular weight excluding hydrogens is 226 g/mol. The van der Waals surface area contributed by atoms with Crippen LogP contribution in [0.2, 0.25) is 0 Å². The Labute approximate surface area is 109 Å². The minimum atomic E-state index is 0.343. The maximum absolute atomic E-state index is 5.77. The Morgan fingerprint density at radius 3 is 2.72 bits per heavy atom. The minimum Gasteiger partial charge on any atom is -0.370 e. The van der Waals surface area contributed by atoms with Crippen LogP contribution in [0.3, 0.4) is 0 Å². The normalized spacial score (nSPS) is 15.2. The van der Waals surface area contributed by atoms with Crippen molar-refractivity contribution in [3.05, 3.63) is 6.07 Å². The van der Waals surface area contributed by atoms with Crippen LogP contribution in [0.25, 0.3) is 0 Å². The van der Waals surface area contributed by atoms with Gasteiger partial charge in [-0.15, -0.1) is 0 Å². The number of nitrogens with one attached hydrogen (secondary N) is 1. The van der Waals surface area contributed by atoms with Crippen molar-refractivity contribution in [3.8, 4) is 0 Å². The molecule has 2 rings (SSSR count). The molecule has 0 atom stereocenters. The lowest BCUT2D eigenvalue weighted by atomic mass is 9.85. The Kier molecular flexibility index (Phi) is 4.23. The van der Waals surface area contributed by atoms with Crippen molar-refractivity contribution in [2.24, 2.45) is 5.92 Å². The summed E-state index contributed by atoms with van der Waals surface area (Å²) in [6.45, 7) is 7.08. The number of rotatable bonds is 6. The zero-order valence-corrected chi connectivity index (χ0v) is 11.3. The van der Waals surface area contributed by atoms with Gasteiger partial charge in [-0.1, -0.05) is 6.42 Å². The van der Waals surface area contributed by atoms with Crippen LogP contribution in [0, 0.1) is 5.92 Å². The van der Waals surface area contributed by atoms with Crippen molar-refractivity contribution in [3.63, 3.8) is 0 Å². The maximum atomic E-state index is 5.77. The molecule has 0 bridgehead atoms. The zero-order valence-electron chi connectivity index (χ0n) is 11.3. The molecule has 100 valence electrons. The molecule has 0 spiro atoms. The fourth-order valence-electron chi connectivity index (χ4n) is 2.26. The summed E-state index contributed by atoms with van der Waals surface area (Å²) in [6.07, 6.45) is 4.06. The Hall–Kier alpha value is -1.52. The van der Waals surface area contributed by atoms with E-state index in [4.69, 9.17) is 5.73 Å². The highest BCUT2D eigenvalue weighted by Gasteiger charge is 2.21. The Morgan fingerprint density at radius 1 is 1.39 bits per heavy atom. The van der Waals surface area contributed by atoms with Gasteiger partial charge in [-0.3, -0.25) is 0 Å². The standard InChI is InChI=1S/C13H23N5/c1-3-15-11-8-12(17-13(14)16-11)18(4-2)9-10-6-5-7-10/h8,10H,3-7,9H2,1-2H3,(H3,14,15,16,17). The van der Waals surface area contributed by atoms with E-state index < -0.39 is 0 Å². The van der Waals surface area contributed by atoms with Crippen LogP contribution in [0.4, 0.5) is 17.6 Å². The smallest absolute Gasteiger partial charge is 0.223 e.